The van der Waals surface area contributed by atoms with Crippen LogP contribution in [0.4, 0.5) is 10.1 Å². The van der Waals surface area contributed by atoms with Gasteiger partial charge < -0.3 is 0 Å². The fourth-order valence-electron chi connectivity index (χ4n) is 5.55. The van der Waals surface area contributed by atoms with Gasteiger partial charge in [-0.2, -0.15) is 5.10 Å². The number of hydrogen-bond donors (Lipinski definition) is 0. The SMILES string of the molecule is CC(=O)c1ccc(N2C(=O)[C@H]3[C@@H](C2=O)C2c4ccccc4C=NN2[C@H]3C(=O)c2ccc(F)cc2)cc1. The first-order valence-corrected chi connectivity index (χ1v) is 11.6. The fourth-order valence-corrected chi connectivity index (χ4v) is 5.55. The smallest absolute Gasteiger partial charge is 0.240 e. The predicted molar refractivity (Wildman–Crippen MR) is 129 cm³/mol. The lowest BCUT2D eigenvalue weighted by molar-refractivity contribution is -0.124. The van der Waals surface area contributed by atoms with E-state index in [0.29, 0.717) is 11.3 Å². The van der Waals surface area contributed by atoms with E-state index >= 15 is 0 Å². The highest BCUT2D eigenvalue weighted by molar-refractivity contribution is 6.24. The molecule has 4 atom stereocenters. The van der Waals surface area contributed by atoms with Gasteiger partial charge in [0.2, 0.25) is 11.8 Å². The lowest BCUT2D eigenvalue weighted by Crippen LogP contribution is -2.44. The molecule has 3 heterocycles. The average Bonchev–Trinajstić information content (AvgIpc) is 3.36. The Labute approximate surface area is 205 Å². The van der Waals surface area contributed by atoms with Gasteiger partial charge in [-0.25, -0.2) is 9.29 Å². The molecule has 6 rings (SSSR count). The molecule has 0 aromatic heterocycles. The third-order valence-corrected chi connectivity index (χ3v) is 7.22. The van der Waals surface area contributed by atoms with E-state index in [9.17, 15) is 23.6 Å². The minimum absolute atomic E-state index is 0.130. The number of benzene rings is 3. The van der Waals surface area contributed by atoms with Crippen LogP contribution in [0.25, 0.3) is 0 Å². The van der Waals surface area contributed by atoms with Gasteiger partial charge in [0.05, 0.1) is 29.8 Å². The standard InChI is InChI=1S/C28H20FN3O4/c1-15(33)16-8-12-20(13-9-16)31-27(35)22-23(28(31)36)25(26(34)17-6-10-19(29)11-7-17)32-24(22)21-5-3-2-4-18(21)14-30-32/h2-14,22-25H,1H3/t22-,23+,24?,25-/m1/s1. The maximum atomic E-state index is 13.8. The number of rotatable bonds is 4. The van der Waals surface area contributed by atoms with E-state index < -0.39 is 47.3 Å². The van der Waals surface area contributed by atoms with E-state index in [-0.39, 0.29) is 11.3 Å². The Hall–Kier alpha value is -4.46. The number of hydrazone groups is 1. The molecule has 2 saturated heterocycles. The molecule has 2 amide bonds. The van der Waals surface area contributed by atoms with Crippen molar-refractivity contribution in [2.45, 2.75) is 19.0 Å². The van der Waals surface area contributed by atoms with Gasteiger partial charge in [-0.1, -0.05) is 24.3 Å². The van der Waals surface area contributed by atoms with Crippen LogP contribution in [0, 0.1) is 17.7 Å². The van der Waals surface area contributed by atoms with E-state index in [4.69, 9.17) is 0 Å². The summed E-state index contributed by atoms with van der Waals surface area (Å²) >= 11 is 0. The number of imide groups is 1. The van der Waals surface area contributed by atoms with Gasteiger partial charge in [0, 0.05) is 11.1 Å². The Morgan fingerprint density at radius 3 is 2.17 bits per heavy atom. The summed E-state index contributed by atoms with van der Waals surface area (Å²) in [7, 11) is 0. The van der Waals surface area contributed by atoms with Gasteiger partial charge in [-0.05, 0) is 66.6 Å². The maximum Gasteiger partial charge on any atom is 0.240 e. The molecule has 0 aliphatic carbocycles. The normalized spacial score (nSPS) is 23.9. The Balaban J connectivity index is 1.47. The molecule has 36 heavy (non-hydrogen) atoms. The van der Waals surface area contributed by atoms with Crippen LogP contribution < -0.4 is 4.90 Å². The summed E-state index contributed by atoms with van der Waals surface area (Å²) in [6, 6.07) is 17.2. The molecule has 1 unspecified atom stereocenters. The van der Waals surface area contributed by atoms with Gasteiger partial charge in [0.25, 0.3) is 0 Å². The van der Waals surface area contributed by atoms with Crippen molar-refractivity contribution in [3.8, 4) is 0 Å². The first-order valence-electron chi connectivity index (χ1n) is 11.6. The zero-order valence-corrected chi connectivity index (χ0v) is 19.2. The number of hydrogen-bond acceptors (Lipinski definition) is 6. The molecule has 178 valence electrons. The van der Waals surface area contributed by atoms with Crippen LogP contribution >= 0.6 is 0 Å². The molecule has 3 aromatic rings. The number of carbonyl (C=O) groups is 4. The highest BCUT2D eigenvalue weighted by Gasteiger charge is 2.65. The Bertz CT molecular complexity index is 1460. The molecule has 8 heteroatoms. The van der Waals surface area contributed by atoms with Crippen molar-refractivity contribution in [2.24, 2.45) is 16.9 Å². The molecular weight excluding hydrogens is 461 g/mol. The Morgan fingerprint density at radius 1 is 0.833 bits per heavy atom. The Kier molecular flexibility index (Phi) is 4.93. The summed E-state index contributed by atoms with van der Waals surface area (Å²) in [4.78, 5) is 54.2. The second kappa shape index (κ2) is 8.05. The van der Waals surface area contributed by atoms with Crippen LogP contribution in [-0.2, 0) is 9.59 Å². The highest BCUT2D eigenvalue weighted by atomic mass is 19.1. The first kappa shape index (κ1) is 22.0. The minimum atomic E-state index is -1.03. The second-order valence-corrected chi connectivity index (χ2v) is 9.18. The Morgan fingerprint density at radius 2 is 1.47 bits per heavy atom. The number of carbonyl (C=O) groups excluding carboxylic acids is 4. The summed E-state index contributed by atoms with van der Waals surface area (Å²) in [6.45, 7) is 1.44. The summed E-state index contributed by atoms with van der Waals surface area (Å²) < 4.78 is 13.5. The van der Waals surface area contributed by atoms with Crippen LogP contribution in [0.15, 0.2) is 77.9 Å². The lowest BCUT2D eigenvalue weighted by atomic mass is 9.83. The van der Waals surface area contributed by atoms with E-state index in [1.165, 1.54) is 31.2 Å². The molecule has 0 N–H and O–H groups in total. The molecule has 3 aliphatic heterocycles. The van der Waals surface area contributed by atoms with Crippen LogP contribution in [0.3, 0.4) is 0 Å². The van der Waals surface area contributed by atoms with Crippen molar-refractivity contribution in [2.75, 3.05) is 4.90 Å². The van der Waals surface area contributed by atoms with E-state index in [2.05, 4.69) is 5.10 Å². The lowest BCUT2D eigenvalue weighted by Gasteiger charge is -2.33. The number of anilines is 1. The molecule has 0 bridgehead atoms. The number of nitrogens with zero attached hydrogens (tertiary/aromatic N) is 3. The van der Waals surface area contributed by atoms with Crippen LogP contribution in [-0.4, -0.2) is 40.6 Å². The molecule has 2 fully saturated rings. The summed E-state index contributed by atoms with van der Waals surface area (Å²) in [5, 5.41) is 6.08. The molecule has 3 aromatic carbocycles. The molecule has 0 radical (unpaired) electrons. The fraction of sp³-hybridized carbons (Fsp3) is 0.179. The van der Waals surface area contributed by atoms with Gasteiger partial charge in [-0.3, -0.25) is 24.2 Å². The zero-order chi connectivity index (χ0) is 25.1. The summed E-state index contributed by atoms with van der Waals surface area (Å²) in [6.07, 6.45) is 1.63. The van der Waals surface area contributed by atoms with Crippen LogP contribution in [0.5, 0.6) is 0 Å². The highest BCUT2D eigenvalue weighted by Crippen LogP contribution is 2.53. The molecular formula is C28H20FN3O4. The number of Topliss-reactive ketones (excluding diaryl/α,β-unsaturated/α-hetero) is 2. The predicted octanol–water partition coefficient (Wildman–Crippen LogP) is 3.79. The summed E-state index contributed by atoms with van der Waals surface area (Å²) in [5.41, 5.74) is 2.67. The number of halogens is 1. The van der Waals surface area contributed by atoms with Crippen molar-refractivity contribution in [1.82, 2.24) is 5.01 Å². The monoisotopic (exact) mass is 481 g/mol. The summed E-state index contributed by atoms with van der Waals surface area (Å²) in [5.74, 6) is -3.74. The molecule has 3 aliphatic rings. The van der Waals surface area contributed by atoms with E-state index in [1.807, 2.05) is 24.3 Å². The second-order valence-electron chi connectivity index (χ2n) is 9.18. The first-order chi connectivity index (χ1) is 17.4. The molecule has 0 saturated carbocycles. The van der Waals surface area contributed by atoms with Crippen molar-refractivity contribution < 1.29 is 23.6 Å². The number of fused-ring (bicyclic) bond motifs is 5. The minimum Gasteiger partial charge on any atom is -0.295 e. The zero-order valence-electron chi connectivity index (χ0n) is 19.2. The maximum absolute atomic E-state index is 13.8. The quantitative estimate of drug-likeness (QED) is 0.418. The van der Waals surface area contributed by atoms with Gasteiger partial charge in [0.15, 0.2) is 11.6 Å². The number of amides is 2. The molecule has 7 nitrogen and oxygen atoms in total. The van der Waals surface area contributed by atoms with Crippen LogP contribution in [0.1, 0.15) is 44.8 Å². The third kappa shape index (κ3) is 3.14. The van der Waals surface area contributed by atoms with Gasteiger partial charge in [-0.15, -0.1) is 0 Å². The van der Waals surface area contributed by atoms with Crippen molar-refractivity contribution in [3.05, 3.63) is 101 Å². The largest absolute Gasteiger partial charge is 0.295 e. The topological polar surface area (TPSA) is 87.1 Å². The molecule has 0 spiro atoms. The average molecular weight is 481 g/mol. The van der Waals surface area contributed by atoms with Crippen molar-refractivity contribution in [1.29, 1.82) is 0 Å². The van der Waals surface area contributed by atoms with Crippen molar-refractivity contribution >= 4 is 35.3 Å². The van der Waals surface area contributed by atoms with Crippen LogP contribution in [0.2, 0.25) is 0 Å². The number of ketones is 2. The third-order valence-electron chi connectivity index (χ3n) is 7.22. The van der Waals surface area contributed by atoms with Crippen molar-refractivity contribution in [3.63, 3.8) is 0 Å². The van der Waals surface area contributed by atoms with E-state index in [0.717, 1.165) is 16.0 Å². The van der Waals surface area contributed by atoms with Gasteiger partial charge >= 0.3 is 0 Å². The van der Waals surface area contributed by atoms with E-state index in [1.54, 1.807) is 35.5 Å². The van der Waals surface area contributed by atoms with Gasteiger partial charge in [0.1, 0.15) is 11.9 Å².